The van der Waals surface area contributed by atoms with E-state index in [9.17, 15) is 19.2 Å². The van der Waals surface area contributed by atoms with Gasteiger partial charge in [-0.1, -0.05) is 44.2 Å². The second-order valence-corrected chi connectivity index (χ2v) is 8.92. The molecule has 3 aromatic rings. The molecule has 1 aromatic heterocycles. The molecule has 1 aliphatic rings. The standard InChI is InChI=1S/C27H27FN4O3/c1-16(2)14-20-15-19(17-7-9-21(28)10-8-17)6-5-18(20)11-13-32(29)25-24(31-35)27(34)23-22(26(25)33)4-3-12-30-23/h3-10,12,15-16,31,35H,11,13-14,29H2,1-2H3. The zero-order valence-corrected chi connectivity index (χ0v) is 19.6. The number of halogens is 1. The van der Waals surface area contributed by atoms with Crippen LogP contribution in [0.25, 0.3) is 11.1 Å². The predicted molar refractivity (Wildman–Crippen MR) is 130 cm³/mol. The van der Waals surface area contributed by atoms with E-state index in [0.29, 0.717) is 12.3 Å². The Bertz CT molecular complexity index is 1300. The first-order valence-electron chi connectivity index (χ1n) is 11.4. The summed E-state index contributed by atoms with van der Waals surface area (Å²) < 4.78 is 13.3. The minimum Gasteiger partial charge on any atom is -0.305 e. The minimum absolute atomic E-state index is 0.0261. The highest BCUT2D eigenvalue weighted by Crippen LogP contribution is 2.27. The van der Waals surface area contributed by atoms with Crippen molar-refractivity contribution in [1.82, 2.24) is 15.5 Å². The third-order valence-corrected chi connectivity index (χ3v) is 5.98. The number of hydroxylamine groups is 1. The van der Waals surface area contributed by atoms with Crippen molar-refractivity contribution in [3.8, 4) is 11.1 Å². The van der Waals surface area contributed by atoms with Gasteiger partial charge in [-0.3, -0.25) is 25.3 Å². The maximum absolute atomic E-state index is 13.3. The van der Waals surface area contributed by atoms with E-state index >= 15 is 0 Å². The summed E-state index contributed by atoms with van der Waals surface area (Å²) in [7, 11) is 0. The van der Waals surface area contributed by atoms with Crippen molar-refractivity contribution in [2.24, 2.45) is 11.8 Å². The molecule has 0 fully saturated rings. The average molecular weight is 475 g/mol. The van der Waals surface area contributed by atoms with Crippen LogP contribution in [0.15, 0.2) is 72.2 Å². The smallest absolute Gasteiger partial charge is 0.232 e. The molecule has 35 heavy (non-hydrogen) atoms. The largest absolute Gasteiger partial charge is 0.305 e. The fourth-order valence-corrected chi connectivity index (χ4v) is 4.29. The fourth-order valence-electron chi connectivity index (χ4n) is 4.29. The number of ketones is 2. The van der Waals surface area contributed by atoms with Gasteiger partial charge in [0, 0.05) is 12.7 Å². The number of hydrazine groups is 1. The predicted octanol–water partition coefficient (Wildman–Crippen LogP) is 4.07. The van der Waals surface area contributed by atoms with Gasteiger partial charge in [0.15, 0.2) is 0 Å². The van der Waals surface area contributed by atoms with Crippen LogP contribution in [-0.2, 0) is 12.8 Å². The van der Waals surface area contributed by atoms with Gasteiger partial charge in [0.2, 0.25) is 11.6 Å². The lowest BCUT2D eigenvalue weighted by Gasteiger charge is -2.27. The molecule has 0 spiro atoms. The number of carbonyl (C=O) groups excluding carboxylic acids is 2. The summed E-state index contributed by atoms with van der Waals surface area (Å²) in [6.45, 7) is 4.49. The van der Waals surface area contributed by atoms with Crippen LogP contribution < -0.4 is 11.3 Å². The minimum atomic E-state index is -0.600. The Labute approximate surface area is 203 Å². The zero-order chi connectivity index (χ0) is 25.1. The van der Waals surface area contributed by atoms with Gasteiger partial charge >= 0.3 is 0 Å². The van der Waals surface area contributed by atoms with Crippen molar-refractivity contribution in [2.45, 2.75) is 26.7 Å². The van der Waals surface area contributed by atoms with Crippen LogP contribution in [-0.4, -0.2) is 33.3 Å². The number of nitrogens with one attached hydrogen (secondary N) is 1. The molecule has 7 nitrogen and oxygen atoms in total. The lowest BCUT2D eigenvalue weighted by molar-refractivity contribution is 0.0887. The lowest BCUT2D eigenvalue weighted by Crippen LogP contribution is -2.42. The zero-order valence-electron chi connectivity index (χ0n) is 19.6. The van der Waals surface area contributed by atoms with Crippen LogP contribution in [0, 0.1) is 11.7 Å². The van der Waals surface area contributed by atoms with E-state index in [2.05, 4.69) is 24.9 Å². The highest BCUT2D eigenvalue weighted by Gasteiger charge is 2.35. The van der Waals surface area contributed by atoms with Gasteiger partial charge in [0.1, 0.15) is 22.9 Å². The SMILES string of the molecule is CC(C)Cc1cc(-c2ccc(F)cc2)ccc1CCN(N)C1=C(NO)C(=O)c2ncccc2C1=O. The van der Waals surface area contributed by atoms with Gasteiger partial charge in [0.25, 0.3) is 0 Å². The summed E-state index contributed by atoms with van der Waals surface area (Å²) in [5.41, 5.74) is 5.65. The molecule has 1 aliphatic carbocycles. The number of carbonyl (C=O) groups is 2. The molecule has 0 amide bonds. The number of hydrogen-bond donors (Lipinski definition) is 3. The number of fused-ring (bicyclic) bond motifs is 1. The van der Waals surface area contributed by atoms with Crippen molar-refractivity contribution in [3.05, 3.63) is 100 Å². The molecule has 4 rings (SSSR count). The summed E-state index contributed by atoms with van der Waals surface area (Å²) in [6, 6.07) is 15.5. The second kappa shape index (κ2) is 10.2. The van der Waals surface area contributed by atoms with Gasteiger partial charge < -0.3 is 5.01 Å². The maximum Gasteiger partial charge on any atom is 0.232 e. The number of hydrogen-bond acceptors (Lipinski definition) is 7. The Morgan fingerprint density at radius 1 is 1.03 bits per heavy atom. The van der Waals surface area contributed by atoms with E-state index in [1.165, 1.54) is 29.4 Å². The summed E-state index contributed by atoms with van der Waals surface area (Å²) in [4.78, 5) is 29.8. The van der Waals surface area contributed by atoms with Crippen molar-refractivity contribution in [1.29, 1.82) is 0 Å². The highest BCUT2D eigenvalue weighted by molar-refractivity contribution is 6.25. The maximum atomic E-state index is 13.3. The van der Waals surface area contributed by atoms with Crippen molar-refractivity contribution < 1.29 is 19.2 Å². The molecule has 0 atom stereocenters. The van der Waals surface area contributed by atoms with E-state index < -0.39 is 11.6 Å². The first-order valence-corrected chi connectivity index (χ1v) is 11.4. The quantitative estimate of drug-likeness (QED) is 0.334. The molecule has 0 bridgehead atoms. The monoisotopic (exact) mass is 474 g/mol. The molecule has 0 saturated carbocycles. The van der Waals surface area contributed by atoms with Crippen LogP contribution in [0.4, 0.5) is 4.39 Å². The summed E-state index contributed by atoms with van der Waals surface area (Å²) >= 11 is 0. The first kappa shape index (κ1) is 24.3. The van der Waals surface area contributed by atoms with E-state index in [1.807, 2.05) is 17.6 Å². The number of nitrogens with zero attached hydrogens (tertiary/aromatic N) is 2. The van der Waals surface area contributed by atoms with Gasteiger partial charge in [-0.2, -0.15) is 0 Å². The van der Waals surface area contributed by atoms with E-state index in [1.54, 1.807) is 18.2 Å². The van der Waals surface area contributed by atoms with Gasteiger partial charge in [-0.15, -0.1) is 0 Å². The normalized spacial score (nSPS) is 13.3. The Hall–Kier alpha value is -3.88. The van der Waals surface area contributed by atoms with Gasteiger partial charge in [-0.25, -0.2) is 10.2 Å². The molecule has 0 saturated heterocycles. The number of allylic oxidation sites excluding steroid dienone is 2. The number of Topliss-reactive ketones (excluding diaryl/α,β-unsaturated/α-hetero) is 2. The van der Waals surface area contributed by atoms with Crippen LogP contribution >= 0.6 is 0 Å². The molecule has 2 aromatic carbocycles. The number of pyridine rings is 1. The van der Waals surface area contributed by atoms with E-state index in [4.69, 9.17) is 5.84 Å². The second-order valence-electron chi connectivity index (χ2n) is 8.92. The number of aromatic nitrogens is 1. The number of benzene rings is 2. The van der Waals surface area contributed by atoms with Crippen LogP contribution in [0.1, 0.15) is 45.8 Å². The van der Waals surface area contributed by atoms with E-state index in [0.717, 1.165) is 28.7 Å². The fraction of sp³-hybridized carbons (Fsp3) is 0.222. The molecule has 8 heteroatoms. The van der Waals surface area contributed by atoms with Crippen molar-refractivity contribution >= 4 is 11.6 Å². The molecule has 180 valence electrons. The molecular weight excluding hydrogens is 447 g/mol. The van der Waals surface area contributed by atoms with Crippen LogP contribution in [0.2, 0.25) is 0 Å². The molecule has 0 aliphatic heterocycles. The van der Waals surface area contributed by atoms with Crippen LogP contribution in [0.5, 0.6) is 0 Å². The molecular formula is C27H27FN4O3. The van der Waals surface area contributed by atoms with Crippen molar-refractivity contribution in [2.75, 3.05) is 6.54 Å². The highest BCUT2D eigenvalue weighted by atomic mass is 19.1. The summed E-state index contributed by atoms with van der Waals surface area (Å²) in [6.07, 6.45) is 2.75. The number of rotatable bonds is 8. The van der Waals surface area contributed by atoms with Gasteiger partial charge in [0.05, 0.1) is 5.56 Å². The van der Waals surface area contributed by atoms with Crippen LogP contribution in [0.3, 0.4) is 0 Å². The molecule has 0 unspecified atom stereocenters. The number of nitrogens with two attached hydrogens (primary N) is 1. The Morgan fingerprint density at radius 2 is 1.74 bits per heavy atom. The molecule has 1 heterocycles. The Kier molecular flexibility index (Phi) is 7.04. The summed E-state index contributed by atoms with van der Waals surface area (Å²) in [5.74, 6) is 5.29. The van der Waals surface area contributed by atoms with Gasteiger partial charge in [-0.05, 0) is 65.3 Å². The Morgan fingerprint density at radius 3 is 2.43 bits per heavy atom. The molecule has 4 N–H and O–H groups in total. The summed E-state index contributed by atoms with van der Waals surface area (Å²) in [5, 5.41) is 10.8. The Balaban J connectivity index is 1.60. The first-order chi connectivity index (χ1) is 16.8. The van der Waals surface area contributed by atoms with E-state index in [-0.39, 0.29) is 35.0 Å². The lowest BCUT2D eigenvalue weighted by atomic mass is 9.92. The third kappa shape index (κ3) is 4.99. The average Bonchev–Trinajstić information content (AvgIpc) is 2.85. The molecule has 0 radical (unpaired) electrons. The van der Waals surface area contributed by atoms with Crippen molar-refractivity contribution in [3.63, 3.8) is 0 Å². The topological polar surface area (TPSA) is 109 Å². The third-order valence-electron chi connectivity index (χ3n) is 5.98.